The fourth-order valence-corrected chi connectivity index (χ4v) is 9.14. The molecule has 10 aromatic rings. The Morgan fingerprint density at radius 1 is 0.316 bits per heavy atom. The fourth-order valence-electron chi connectivity index (χ4n) is 9.14. The molecular weight excluding hydrogens is 691 g/mol. The number of aromatic nitrogens is 3. The number of hydrogen-bond donors (Lipinski definition) is 0. The summed E-state index contributed by atoms with van der Waals surface area (Å²) in [6.45, 7) is 4.67. The van der Waals surface area contributed by atoms with Crippen LogP contribution in [0.5, 0.6) is 0 Å². The Morgan fingerprint density at radius 2 is 0.860 bits per heavy atom. The van der Waals surface area contributed by atoms with Crippen LogP contribution in [0.2, 0.25) is 0 Å². The largest absolute Gasteiger partial charge is 0.208 e. The van der Waals surface area contributed by atoms with Crippen LogP contribution in [0.4, 0.5) is 0 Å². The van der Waals surface area contributed by atoms with Crippen LogP contribution in [-0.2, 0) is 5.41 Å². The topological polar surface area (TPSA) is 38.7 Å². The summed E-state index contributed by atoms with van der Waals surface area (Å²) in [6, 6.07) is 67.2. The van der Waals surface area contributed by atoms with Crippen LogP contribution in [0.1, 0.15) is 25.0 Å². The van der Waals surface area contributed by atoms with Crippen LogP contribution >= 0.6 is 0 Å². The molecule has 0 aliphatic heterocycles. The second-order valence-electron chi connectivity index (χ2n) is 15.5. The molecule has 0 saturated carbocycles. The smallest absolute Gasteiger partial charge is 0.165 e. The molecule has 57 heavy (non-hydrogen) atoms. The minimum absolute atomic E-state index is 0.120. The zero-order valence-corrected chi connectivity index (χ0v) is 31.7. The van der Waals surface area contributed by atoms with Crippen LogP contribution in [0.25, 0.3) is 99.9 Å². The van der Waals surface area contributed by atoms with Crippen molar-refractivity contribution in [1.29, 1.82) is 0 Å². The Kier molecular flexibility index (Phi) is 7.52. The van der Waals surface area contributed by atoms with Crippen LogP contribution in [0.3, 0.4) is 0 Å². The van der Waals surface area contributed by atoms with Gasteiger partial charge in [-0.1, -0.05) is 190 Å². The maximum atomic E-state index is 5.48. The third-order valence-corrected chi connectivity index (χ3v) is 11.9. The van der Waals surface area contributed by atoms with Gasteiger partial charge in [-0.05, 0) is 89.0 Å². The predicted octanol–water partition coefficient (Wildman–Crippen LogP) is 14.0. The molecule has 9 aromatic carbocycles. The summed E-state index contributed by atoms with van der Waals surface area (Å²) in [7, 11) is 0. The third kappa shape index (κ3) is 5.31. The Morgan fingerprint density at radius 3 is 1.60 bits per heavy atom. The minimum atomic E-state index is -0.120. The van der Waals surface area contributed by atoms with Crippen molar-refractivity contribution in [2.24, 2.45) is 0 Å². The van der Waals surface area contributed by atoms with Crippen molar-refractivity contribution in [2.45, 2.75) is 19.3 Å². The number of benzene rings is 9. The molecule has 268 valence electrons. The average Bonchev–Trinajstić information content (AvgIpc) is 3.50. The predicted molar refractivity (Wildman–Crippen MR) is 237 cm³/mol. The first-order valence-corrected chi connectivity index (χ1v) is 19.6. The van der Waals surface area contributed by atoms with Crippen LogP contribution < -0.4 is 0 Å². The van der Waals surface area contributed by atoms with Gasteiger partial charge in [-0.15, -0.1) is 0 Å². The van der Waals surface area contributed by atoms with Gasteiger partial charge in [0.15, 0.2) is 17.5 Å². The lowest BCUT2D eigenvalue weighted by atomic mass is 9.81. The van der Waals surface area contributed by atoms with Crippen LogP contribution in [0, 0.1) is 0 Å². The van der Waals surface area contributed by atoms with Crippen molar-refractivity contribution in [3.8, 4) is 67.5 Å². The van der Waals surface area contributed by atoms with Gasteiger partial charge in [-0.25, -0.2) is 15.0 Å². The molecule has 0 amide bonds. The summed E-state index contributed by atoms with van der Waals surface area (Å²) in [5.74, 6) is 1.92. The molecule has 0 N–H and O–H groups in total. The minimum Gasteiger partial charge on any atom is -0.208 e. The van der Waals surface area contributed by atoms with Crippen LogP contribution in [0.15, 0.2) is 188 Å². The van der Waals surface area contributed by atoms with Gasteiger partial charge in [0.05, 0.1) is 0 Å². The van der Waals surface area contributed by atoms with Gasteiger partial charge in [-0.2, -0.15) is 0 Å². The van der Waals surface area contributed by atoms with Gasteiger partial charge in [0.2, 0.25) is 0 Å². The molecule has 3 heteroatoms. The van der Waals surface area contributed by atoms with Crippen LogP contribution in [-0.4, -0.2) is 15.0 Å². The van der Waals surface area contributed by atoms with E-state index in [-0.39, 0.29) is 5.41 Å². The highest BCUT2D eigenvalue weighted by Gasteiger charge is 2.35. The first-order valence-electron chi connectivity index (χ1n) is 19.6. The summed E-state index contributed by atoms with van der Waals surface area (Å²) in [5.41, 5.74) is 12.5. The highest BCUT2D eigenvalue weighted by molar-refractivity contribution is 6.19. The van der Waals surface area contributed by atoms with Gasteiger partial charge in [-0.3, -0.25) is 0 Å². The highest BCUT2D eigenvalue weighted by atomic mass is 15.0. The molecule has 1 heterocycles. The zero-order chi connectivity index (χ0) is 38.1. The number of hydrogen-bond acceptors (Lipinski definition) is 3. The lowest BCUT2D eigenvalue weighted by Crippen LogP contribution is -2.14. The second-order valence-corrected chi connectivity index (χ2v) is 15.5. The molecule has 0 spiro atoms. The monoisotopic (exact) mass is 727 g/mol. The molecule has 1 aliphatic carbocycles. The molecule has 0 fully saturated rings. The molecule has 0 saturated heterocycles. The normalized spacial score (nSPS) is 12.9. The summed E-state index contributed by atoms with van der Waals surface area (Å²) >= 11 is 0. The Labute approximate surface area is 332 Å². The van der Waals surface area contributed by atoms with E-state index in [4.69, 9.17) is 15.0 Å². The van der Waals surface area contributed by atoms with E-state index in [1.807, 2.05) is 0 Å². The first-order chi connectivity index (χ1) is 28.0. The fraction of sp³-hybridized carbons (Fsp3) is 0.0556. The van der Waals surface area contributed by atoms with Gasteiger partial charge >= 0.3 is 0 Å². The van der Waals surface area contributed by atoms with Gasteiger partial charge in [0.25, 0.3) is 0 Å². The second kappa shape index (κ2) is 12.9. The van der Waals surface area contributed by atoms with Gasteiger partial charge in [0, 0.05) is 22.1 Å². The lowest BCUT2D eigenvalue weighted by molar-refractivity contribution is 0.660. The first kappa shape index (κ1) is 33.1. The molecular formula is C54H37N3. The molecule has 0 bridgehead atoms. The quantitative estimate of drug-likeness (QED) is 0.131. The molecule has 1 aromatic heterocycles. The zero-order valence-electron chi connectivity index (χ0n) is 31.7. The number of nitrogens with zero attached hydrogens (tertiary/aromatic N) is 3. The number of rotatable bonds is 5. The Hall–Kier alpha value is -7.23. The van der Waals surface area contributed by atoms with Crippen molar-refractivity contribution in [1.82, 2.24) is 15.0 Å². The van der Waals surface area contributed by atoms with Crippen molar-refractivity contribution in [2.75, 3.05) is 0 Å². The molecule has 1 aliphatic rings. The average molecular weight is 728 g/mol. The Bertz CT molecular complexity index is 3220. The van der Waals surface area contributed by atoms with E-state index in [0.717, 1.165) is 55.1 Å². The van der Waals surface area contributed by atoms with E-state index in [9.17, 15) is 0 Å². The van der Waals surface area contributed by atoms with Crippen molar-refractivity contribution in [3.05, 3.63) is 199 Å². The maximum absolute atomic E-state index is 5.48. The summed E-state index contributed by atoms with van der Waals surface area (Å²) in [4.78, 5) is 16.3. The maximum Gasteiger partial charge on any atom is 0.165 e. The number of fused-ring (bicyclic) bond motifs is 7. The third-order valence-electron chi connectivity index (χ3n) is 11.9. The lowest BCUT2D eigenvalue weighted by Gasteiger charge is -2.22. The molecule has 0 radical (unpaired) electrons. The highest BCUT2D eigenvalue weighted by Crippen LogP contribution is 2.50. The van der Waals surface area contributed by atoms with Crippen molar-refractivity contribution in [3.63, 3.8) is 0 Å². The van der Waals surface area contributed by atoms with E-state index < -0.39 is 0 Å². The molecule has 0 atom stereocenters. The standard InChI is InChI=1S/C54H37N3/c1-54(2)48-27-15-14-24-42(48)43-30-29-37(33-49(43)54)40-22-11-13-26-46(40)52-55-51(45-25-12-10-20-38(45)34-16-4-3-5-17-34)56-53(57-52)50-41-23-9-7-19-36(41)32-47-39-21-8-6-18-35(39)28-31-44(47)50/h3-33H,1-2H3. The van der Waals surface area contributed by atoms with Crippen molar-refractivity contribution < 1.29 is 0 Å². The van der Waals surface area contributed by atoms with E-state index in [2.05, 4.69) is 202 Å². The summed E-state index contributed by atoms with van der Waals surface area (Å²) in [6.07, 6.45) is 0. The molecule has 0 unspecified atom stereocenters. The van der Waals surface area contributed by atoms with E-state index in [0.29, 0.717) is 17.5 Å². The van der Waals surface area contributed by atoms with E-state index in [1.54, 1.807) is 0 Å². The Balaban J connectivity index is 1.19. The summed E-state index contributed by atoms with van der Waals surface area (Å²) in [5, 5.41) is 6.95. The van der Waals surface area contributed by atoms with E-state index >= 15 is 0 Å². The van der Waals surface area contributed by atoms with Gasteiger partial charge in [0.1, 0.15) is 0 Å². The SMILES string of the molecule is CC1(C)c2ccccc2-c2ccc(-c3ccccc3-c3nc(-c4ccccc4-c4ccccc4)nc(-c4c5ccccc5cc5c4ccc4ccccc45)n3)cc21. The molecule has 3 nitrogen and oxygen atoms in total. The van der Waals surface area contributed by atoms with Gasteiger partial charge < -0.3 is 0 Å². The van der Waals surface area contributed by atoms with E-state index in [1.165, 1.54) is 38.4 Å². The van der Waals surface area contributed by atoms with Crippen molar-refractivity contribution >= 4 is 32.3 Å². The molecule has 11 rings (SSSR count). The summed E-state index contributed by atoms with van der Waals surface area (Å²) < 4.78 is 0.